The zero-order valence-corrected chi connectivity index (χ0v) is 10.3. The maximum absolute atomic E-state index is 12.6. The van der Waals surface area contributed by atoms with Gasteiger partial charge in [-0.15, -0.1) is 0 Å². The summed E-state index contributed by atoms with van der Waals surface area (Å²) in [6, 6.07) is -0.0867. The van der Waals surface area contributed by atoms with E-state index in [2.05, 4.69) is 14.9 Å². The Kier molecular flexibility index (Phi) is 4.39. The fraction of sp³-hybridized carbons (Fsp3) is 0.636. The van der Waals surface area contributed by atoms with Crippen LogP contribution in [0.2, 0.25) is 0 Å². The van der Waals surface area contributed by atoms with Crippen LogP contribution in [0.5, 0.6) is 0 Å². The van der Waals surface area contributed by atoms with Gasteiger partial charge in [0.05, 0.1) is 5.92 Å². The standard InChI is InChI=1S/C11H13F4N3O2/c12-10(13)11(14,15)5-19-4-8-17-9(20-18-8)6-1-2-7(16)3-6/h1-2,6-7,10H,3-5,16H2. The molecule has 0 saturated heterocycles. The Labute approximate surface area is 111 Å². The third kappa shape index (κ3) is 3.54. The summed E-state index contributed by atoms with van der Waals surface area (Å²) in [5, 5.41) is 3.53. The molecule has 1 heterocycles. The van der Waals surface area contributed by atoms with Gasteiger partial charge in [-0.3, -0.25) is 0 Å². The largest absolute Gasteiger partial charge is 0.367 e. The van der Waals surface area contributed by atoms with Gasteiger partial charge in [-0.25, -0.2) is 8.78 Å². The number of hydrogen-bond donors (Lipinski definition) is 1. The van der Waals surface area contributed by atoms with Gasteiger partial charge in [-0.05, 0) is 6.42 Å². The van der Waals surface area contributed by atoms with Gasteiger partial charge in [-0.2, -0.15) is 13.8 Å². The van der Waals surface area contributed by atoms with Crippen LogP contribution in [0.15, 0.2) is 16.7 Å². The van der Waals surface area contributed by atoms with E-state index in [0.717, 1.165) is 0 Å². The van der Waals surface area contributed by atoms with Crippen LogP contribution in [0.1, 0.15) is 24.1 Å². The predicted molar refractivity (Wildman–Crippen MR) is 59.4 cm³/mol. The molecule has 0 amide bonds. The number of rotatable bonds is 6. The highest BCUT2D eigenvalue weighted by Gasteiger charge is 2.41. The van der Waals surface area contributed by atoms with Crippen LogP contribution < -0.4 is 5.73 Å². The summed E-state index contributed by atoms with van der Waals surface area (Å²) >= 11 is 0. The van der Waals surface area contributed by atoms with E-state index < -0.39 is 25.6 Å². The quantitative estimate of drug-likeness (QED) is 0.640. The van der Waals surface area contributed by atoms with Crippen molar-refractivity contribution in [2.75, 3.05) is 6.61 Å². The van der Waals surface area contributed by atoms with E-state index in [1.165, 1.54) is 0 Å². The average Bonchev–Trinajstić information content (AvgIpc) is 2.97. The summed E-state index contributed by atoms with van der Waals surface area (Å²) in [6.45, 7) is -1.82. The molecular formula is C11H13F4N3O2. The lowest BCUT2D eigenvalue weighted by Crippen LogP contribution is -2.32. The second-order valence-electron chi connectivity index (χ2n) is 4.49. The zero-order valence-electron chi connectivity index (χ0n) is 10.3. The summed E-state index contributed by atoms with van der Waals surface area (Å²) in [4.78, 5) is 3.95. The fourth-order valence-corrected chi connectivity index (χ4v) is 1.73. The predicted octanol–water partition coefficient (Wildman–Crippen LogP) is 1.86. The molecule has 0 aromatic carbocycles. The topological polar surface area (TPSA) is 74.2 Å². The lowest BCUT2D eigenvalue weighted by Gasteiger charge is -2.14. The molecule has 1 aromatic rings. The van der Waals surface area contributed by atoms with Crippen LogP contribution in [0.4, 0.5) is 17.6 Å². The molecule has 2 atom stereocenters. The van der Waals surface area contributed by atoms with Crippen LogP contribution in [0.3, 0.4) is 0 Å². The van der Waals surface area contributed by atoms with Crippen molar-refractivity contribution < 1.29 is 26.8 Å². The number of halogens is 4. The second kappa shape index (κ2) is 5.88. The van der Waals surface area contributed by atoms with Crippen LogP contribution >= 0.6 is 0 Å². The first kappa shape index (κ1) is 14.9. The number of nitrogens with two attached hydrogens (primary N) is 1. The highest BCUT2D eigenvalue weighted by Crippen LogP contribution is 2.27. The first-order valence-corrected chi connectivity index (χ1v) is 5.88. The van der Waals surface area contributed by atoms with Crippen LogP contribution in [-0.2, 0) is 11.3 Å². The van der Waals surface area contributed by atoms with Crippen molar-refractivity contribution in [2.45, 2.75) is 37.3 Å². The second-order valence-corrected chi connectivity index (χ2v) is 4.49. The van der Waals surface area contributed by atoms with Crippen molar-refractivity contribution in [2.24, 2.45) is 5.73 Å². The molecule has 0 fully saturated rings. The maximum Gasteiger partial charge on any atom is 0.330 e. The molecule has 1 aromatic heterocycles. The SMILES string of the molecule is NC1C=CC(c2nc(COCC(F)(F)C(F)F)no2)C1. The minimum absolute atomic E-state index is 0.0268. The molecule has 0 spiro atoms. The highest BCUT2D eigenvalue weighted by atomic mass is 19.3. The van der Waals surface area contributed by atoms with Crippen molar-refractivity contribution in [3.8, 4) is 0 Å². The Hall–Kier alpha value is -1.48. The number of nitrogens with zero attached hydrogens (tertiary/aromatic N) is 2. The normalized spacial score (nSPS) is 22.9. The average molecular weight is 295 g/mol. The van der Waals surface area contributed by atoms with Crippen LogP contribution in [0.25, 0.3) is 0 Å². The maximum atomic E-state index is 12.6. The third-order valence-corrected chi connectivity index (χ3v) is 2.76. The highest BCUT2D eigenvalue weighted by molar-refractivity contribution is 5.15. The van der Waals surface area contributed by atoms with Crippen LogP contribution in [-0.4, -0.2) is 35.1 Å². The third-order valence-electron chi connectivity index (χ3n) is 2.76. The number of ether oxygens (including phenoxy) is 1. The van der Waals surface area contributed by atoms with Gasteiger partial charge in [-0.1, -0.05) is 17.3 Å². The van der Waals surface area contributed by atoms with Crippen molar-refractivity contribution in [1.29, 1.82) is 0 Å². The molecule has 2 unspecified atom stereocenters. The van der Waals surface area contributed by atoms with E-state index in [9.17, 15) is 17.6 Å². The summed E-state index contributed by atoms with van der Waals surface area (Å²) < 4.78 is 58.4. The molecule has 1 aliphatic carbocycles. The minimum Gasteiger partial charge on any atom is -0.367 e. The Bertz CT molecular complexity index is 478. The number of aromatic nitrogens is 2. The molecule has 112 valence electrons. The summed E-state index contributed by atoms with van der Waals surface area (Å²) in [5.74, 6) is -3.98. The van der Waals surface area contributed by atoms with Gasteiger partial charge >= 0.3 is 12.3 Å². The van der Waals surface area contributed by atoms with Gasteiger partial charge < -0.3 is 15.0 Å². The lowest BCUT2D eigenvalue weighted by atomic mass is 10.1. The molecule has 2 N–H and O–H groups in total. The Morgan fingerprint density at radius 2 is 2.20 bits per heavy atom. The molecule has 0 radical (unpaired) electrons. The number of alkyl halides is 4. The van der Waals surface area contributed by atoms with E-state index in [1.807, 2.05) is 6.08 Å². The van der Waals surface area contributed by atoms with E-state index in [0.29, 0.717) is 12.3 Å². The number of hydrogen-bond acceptors (Lipinski definition) is 5. The molecule has 5 nitrogen and oxygen atoms in total. The Morgan fingerprint density at radius 1 is 1.45 bits per heavy atom. The monoisotopic (exact) mass is 295 g/mol. The molecule has 9 heteroatoms. The van der Waals surface area contributed by atoms with Gasteiger partial charge in [0, 0.05) is 6.04 Å². The molecule has 0 saturated carbocycles. The lowest BCUT2D eigenvalue weighted by molar-refractivity contribution is -0.168. The van der Waals surface area contributed by atoms with Crippen molar-refractivity contribution in [3.05, 3.63) is 23.9 Å². The first-order chi connectivity index (χ1) is 9.38. The van der Waals surface area contributed by atoms with Gasteiger partial charge in [0.2, 0.25) is 5.89 Å². The zero-order chi connectivity index (χ0) is 14.8. The van der Waals surface area contributed by atoms with Gasteiger partial charge in [0.25, 0.3) is 0 Å². The van der Waals surface area contributed by atoms with E-state index in [-0.39, 0.29) is 17.8 Å². The smallest absolute Gasteiger partial charge is 0.330 e. The minimum atomic E-state index is -4.19. The molecule has 0 bridgehead atoms. The van der Waals surface area contributed by atoms with Gasteiger partial charge in [0.15, 0.2) is 5.82 Å². The Balaban J connectivity index is 1.83. The fourth-order valence-electron chi connectivity index (χ4n) is 1.73. The van der Waals surface area contributed by atoms with Crippen molar-refractivity contribution >= 4 is 0 Å². The Morgan fingerprint density at radius 3 is 2.80 bits per heavy atom. The van der Waals surface area contributed by atoms with Crippen molar-refractivity contribution in [3.63, 3.8) is 0 Å². The summed E-state index contributed by atoms with van der Waals surface area (Å²) in [6.07, 6.45) is 0.460. The van der Waals surface area contributed by atoms with E-state index in [4.69, 9.17) is 10.3 Å². The van der Waals surface area contributed by atoms with Crippen molar-refractivity contribution in [1.82, 2.24) is 10.1 Å². The molecule has 2 rings (SSSR count). The molecular weight excluding hydrogens is 282 g/mol. The van der Waals surface area contributed by atoms with Gasteiger partial charge in [0.1, 0.15) is 13.2 Å². The number of allylic oxidation sites excluding steroid dienone is 1. The summed E-state index contributed by atoms with van der Waals surface area (Å²) in [7, 11) is 0. The molecule has 0 aliphatic heterocycles. The van der Waals surface area contributed by atoms with Crippen LogP contribution in [0, 0.1) is 0 Å². The van der Waals surface area contributed by atoms with E-state index >= 15 is 0 Å². The molecule has 20 heavy (non-hydrogen) atoms. The summed E-state index contributed by atoms with van der Waals surface area (Å²) in [5.41, 5.74) is 5.67. The molecule has 1 aliphatic rings. The van der Waals surface area contributed by atoms with E-state index in [1.54, 1.807) is 6.08 Å². The first-order valence-electron chi connectivity index (χ1n) is 5.88.